The van der Waals surface area contributed by atoms with Crippen LogP contribution in [0.3, 0.4) is 0 Å². The molecular formula is C26H24Cl2N4O4S. The number of carboxylic acid groups (broad SMARTS) is 1. The summed E-state index contributed by atoms with van der Waals surface area (Å²) in [5.41, 5.74) is 2.57. The maximum atomic E-state index is 11.4. The first-order chi connectivity index (χ1) is 17.8. The first-order valence-electron chi connectivity index (χ1n) is 12.2. The van der Waals surface area contributed by atoms with Gasteiger partial charge in [-0.05, 0) is 68.2 Å². The van der Waals surface area contributed by atoms with Gasteiger partial charge in [-0.1, -0.05) is 23.2 Å². The Kier molecular flexibility index (Phi) is 6.45. The Morgan fingerprint density at radius 2 is 1.86 bits per heavy atom. The lowest BCUT2D eigenvalue weighted by molar-refractivity contribution is -0.0648. The van der Waals surface area contributed by atoms with Gasteiger partial charge < -0.3 is 14.9 Å². The Balaban J connectivity index is 1.17. The Labute approximate surface area is 226 Å². The van der Waals surface area contributed by atoms with Gasteiger partial charge in [-0.15, -0.1) is 11.3 Å². The van der Waals surface area contributed by atoms with Crippen LogP contribution < -0.4 is 0 Å². The van der Waals surface area contributed by atoms with Crippen LogP contribution >= 0.6 is 34.5 Å². The fourth-order valence-electron chi connectivity index (χ4n) is 4.97. The molecule has 2 saturated carbocycles. The second-order valence-electron chi connectivity index (χ2n) is 9.73. The Morgan fingerprint density at radius 3 is 2.54 bits per heavy atom. The van der Waals surface area contributed by atoms with E-state index >= 15 is 0 Å². The summed E-state index contributed by atoms with van der Waals surface area (Å²) < 4.78 is 8.89. The van der Waals surface area contributed by atoms with Crippen LogP contribution in [-0.4, -0.2) is 42.0 Å². The summed E-state index contributed by atoms with van der Waals surface area (Å²) in [5, 5.41) is 26.7. The van der Waals surface area contributed by atoms with E-state index < -0.39 is 11.6 Å². The fraction of sp³-hybridized carbons (Fsp3) is 0.385. The maximum Gasteiger partial charge on any atom is 0.335 e. The van der Waals surface area contributed by atoms with Crippen molar-refractivity contribution in [3.05, 3.63) is 68.7 Å². The SMILES string of the molecule is O=C(O)c1ccc2nc(C3(O)CCC(OCc4c(C5CC5)cnn4-c4c(Cl)cncc4Cl)CC3)sc2c1. The molecular weight excluding hydrogens is 535 g/mol. The minimum Gasteiger partial charge on any atom is -0.478 e. The molecule has 192 valence electrons. The quantitative estimate of drug-likeness (QED) is 0.281. The predicted molar refractivity (Wildman–Crippen MR) is 141 cm³/mol. The molecule has 4 aromatic rings. The molecule has 2 aliphatic carbocycles. The molecule has 0 atom stereocenters. The largest absolute Gasteiger partial charge is 0.478 e. The van der Waals surface area contributed by atoms with Crippen molar-refractivity contribution in [2.24, 2.45) is 0 Å². The average Bonchev–Trinajstić information content (AvgIpc) is 3.49. The Bertz CT molecular complexity index is 1470. The van der Waals surface area contributed by atoms with Gasteiger partial charge in [0.15, 0.2) is 0 Å². The monoisotopic (exact) mass is 558 g/mol. The van der Waals surface area contributed by atoms with E-state index in [0.29, 0.717) is 64.5 Å². The highest BCUT2D eigenvalue weighted by molar-refractivity contribution is 7.18. The zero-order chi connectivity index (χ0) is 25.7. The van der Waals surface area contributed by atoms with Gasteiger partial charge >= 0.3 is 5.97 Å². The van der Waals surface area contributed by atoms with Crippen molar-refractivity contribution in [2.75, 3.05) is 0 Å². The number of hydrogen-bond donors (Lipinski definition) is 2. The lowest BCUT2D eigenvalue weighted by atomic mass is 9.83. The highest BCUT2D eigenvalue weighted by Gasteiger charge is 2.38. The zero-order valence-corrected chi connectivity index (χ0v) is 22.1. The average molecular weight is 559 g/mol. The molecule has 2 aliphatic rings. The molecule has 0 unspecified atom stereocenters. The summed E-state index contributed by atoms with van der Waals surface area (Å²) in [7, 11) is 0. The van der Waals surface area contributed by atoms with E-state index in [1.54, 1.807) is 29.2 Å². The van der Waals surface area contributed by atoms with Crippen molar-refractivity contribution in [1.82, 2.24) is 19.7 Å². The van der Waals surface area contributed by atoms with Crippen molar-refractivity contribution in [2.45, 2.75) is 62.8 Å². The molecule has 3 aromatic heterocycles. The normalized spacial score (nSPS) is 22.0. The van der Waals surface area contributed by atoms with Gasteiger partial charge in [-0.2, -0.15) is 5.10 Å². The van der Waals surface area contributed by atoms with E-state index in [0.717, 1.165) is 28.8 Å². The number of carbonyl (C=O) groups is 1. The van der Waals surface area contributed by atoms with Crippen LogP contribution in [0.4, 0.5) is 0 Å². The van der Waals surface area contributed by atoms with Crippen LogP contribution in [0.2, 0.25) is 10.0 Å². The summed E-state index contributed by atoms with van der Waals surface area (Å²) in [6.45, 7) is 0.364. The van der Waals surface area contributed by atoms with Crippen LogP contribution in [0, 0.1) is 0 Å². The third kappa shape index (κ3) is 4.75. The lowest BCUT2D eigenvalue weighted by Crippen LogP contribution is -2.34. The van der Waals surface area contributed by atoms with E-state index in [-0.39, 0.29) is 11.7 Å². The van der Waals surface area contributed by atoms with Crippen molar-refractivity contribution in [1.29, 1.82) is 0 Å². The molecule has 11 heteroatoms. The molecule has 0 radical (unpaired) electrons. The summed E-state index contributed by atoms with van der Waals surface area (Å²) >= 11 is 14.2. The Hall–Kier alpha value is -2.56. The molecule has 0 bridgehead atoms. The molecule has 2 fully saturated rings. The second-order valence-corrected chi connectivity index (χ2v) is 11.6. The lowest BCUT2D eigenvalue weighted by Gasteiger charge is -2.34. The number of hydrogen-bond acceptors (Lipinski definition) is 7. The molecule has 3 heterocycles. The Morgan fingerprint density at radius 1 is 1.14 bits per heavy atom. The van der Waals surface area contributed by atoms with Crippen molar-refractivity contribution < 1.29 is 19.7 Å². The van der Waals surface area contributed by atoms with Gasteiger partial charge in [-0.3, -0.25) is 4.98 Å². The smallest absolute Gasteiger partial charge is 0.335 e. The molecule has 2 N–H and O–H groups in total. The number of carboxylic acids is 1. The summed E-state index contributed by atoms with van der Waals surface area (Å²) in [6, 6.07) is 4.84. The number of benzene rings is 1. The minimum absolute atomic E-state index is 0.0212. The molecule has 6 rings (SSSR count). The summed E-state index contributed by atoms with van der Waals surface area (Å²) in [5.74, 6) is -0.503. The summed E-state index contributed by atoms with van der Waals surface area (Å²) in [4.78, 5) is 20.0. The fourth-order valence-corrected chi connectivity index (χ4v) is 6.64. The van der Waals surface area contributed by atoms with E-state index in [2.05, 4.69) is 15.1 Å². The van der Waals surface area contributed by atoms with Crippen molar-refractivity contribution in [3.8, 4) is 5.69 Å². The highest BCUT2D eigenvalue weighted by atomic mass is 35.5. The number of nitrogens with zero attached hydrogens (tertiary/aromatic N) is 4. The van der Waals surface area contributed by atoms with E-state index in [1.807, 2.05) is 6.20 Å². The first-order valence-corrected chi connectivity index (χ1v) is 13.7. The van der Waals surface area contributed by atoms with Gasteiger partial charge in [0, 0.05) is 12.4 Å². The third-order valence-electron chi connectivity index (χ3n) is 7.21. The minimum atomic E-state index is -1.05. The number of ether oxygens (including phenoxy) is 1. The van der Waals surface area contributed by atoms with Crippen molar-refractivity contribution >= 4 is 50.7 Å². The highest BCUT2D eigenvalue weighted by Crippen LogP contribution is 2.44. The number of aliphatic hydroxyl groups is 1. The third-order valence-corrected chi connectivity index (χ3v) is 8.97. The number of pyridine rings is 1. The number of aromatic nitrogens is 4. The second kappa shape index (κ2) is 9.63. The topological polar surface area (TPSA) is 110 Å². The molecule has 37 heavy (non-hydrogen) atoms. The molecule has 0 saturated heterocycles. The van der Waals surface area contributed by atoms with Crippen molar-refractivity contribution in [3.63, 3.8) is 0 Å². The zero-order valence-electron chi connectivity index (χ0n) is 19.7. The van der Waals surface area contributed by atoms with Crippen LogP contribution in [0.5, 0.6) is 0 Å². The van der Waals surface area contributed by atoms with Crippen LogP contribution in [0.15, 0.2) is 36.8 Å². The number of fused-ring (bicyclic) bond motifs is 1. The molecule has 1 aromatic carbocycles. The first kappa shape index (κ1) is 24.8. The van der Waals surface area contributed by atoms with Crippen LogP contribution in [0.1, 0.15) is 71.1 Å². The standard InChI is InChI=1S/C26H24Cl2N4O4S/c27-18-11-29-12-19(28)23(18)32-21(17(10-30-32)14-1-2-14)13-36-16-5-7-26(35,8-6-16)25-31-20-4-3-15(24(33)34)9-22(20)37-25/h3-4,9-12,14,16,35H,1-2,5-8,13H2,(H,33,34). The number of thiazole rings is 1. The van der Waals surface area contributed by atoms with E-state index in [1.165, 1.54) is 17.4 Å². The predicted octanol–water partition coefficient (Wildman–Crippen LogP) is 6.11. The van der Waals surface area contributed by atoms with E-state index in [9.17, 15) is 15.0 Å². The van der Waals surface area contributed by atoms with Gasteiger partial charge in [0.1, 0.15) is 16.3 Å². The molecule has 0 amide bonds. The van der Waals surface area contributed by atoms with E-state index in [4.69, 9.17) is 27.9 Å². The molecule has 0 spiro atoms. The molecule has 0 aliphatic heterocycles. The van der Waals surface area contributed by atoms with Gasteiger partial charge in [0.25, 0.3) is 0 Å². The summed E-state index contributed by atoms with van der Waals surface area (Å²) in [6.07, 6.45) is 9.61. The van der Waals surface area contributed by atoms with Gasteiger partial charge in [-0.25, -0.2) is 14.5 Å². The number of rotatable bonds is 7. The maximum absolute atomic E-state index is 11.4. The van der Waals surface area contributed by atoms with Gasteiger partial charge in [0.05, 0.1) is 50.4 Å². The van der Waals surface area contributed by atoms with Crippen LogP contribution in [0.25, 0.3) is 15.9 Å². The number of halogens is 2. The van der Waals surface area contributed by atoms with Crippen LogP contribution in [-0.2, 0) is 16.9 Å². The molecule has 8 nitrogen and oxygen atoms in total. The number of aromatic carboxylic acids is 1. The van der Waals surface area contributed by atoms with Gasteiger partial charge in [0.2, 0.25) is 0 Å².